The Bertz CT molecular complexity index is 221. The average Bonchev–Trinajstić information content (AvgIpc) is 2.36. The first kappa shape index (κ1) is 8.23. The summed E-state index contributed by atoms with van der Waals surface area (Å²) < 4.78 is 6.80. The Labute approximate surface area is 66.0 Å². The zero-order chi connectivity index (χ0) is 8.27. The molecule has 1 aromatic rings. The Hall–Kier alpha value is -0.870. The molecular formula is C7H13N3O. The Morgan fingerprint density at radius 1 is 1.82 bits per heavy atom. The highest BCUT2D eigenvalue weighted by atomic mass is 16.5. The maximum Gasteiger partial charge on any atom is 0.127 e. The van der Waals surface area contributed by atoms with E-state index in [0.29, 0.717) is 6.61 Å². The molecule has 0 saturated heterocycles. The fourth-order valence-electron chi connectivity index (χ4n) is 0.989. The molecule has 0 saturated carbocycles. The highest BCUT2D eigenvalue weighted by molar-refractivity contribution is 4.97. The second kappa shape index (κ2) is 3.50. The second-order valence-electron chi connectivity index (χ2n) is 2.46. The van der Waals surface area contributed by atoms with E-state index in [9.17, 15) is 0 Å². The molecule has 1 unspecified atom stereocenters. The Morgan fingerprint density at radius 2 is 2.55 bits per heavy atom. The molecule has 0 aliphatic heterocycles. The number of aromatic nitrogens is 2. The van der Waals surface area contributed by atoms with Crippen molar-refractivity contribution in [1.82, 2.24) is 9.55 Å². The lowest BCUT2D eigenvalue weighted by molar-refractivity contribution is 0.177. The van der Waals surface area contributed by atoms with Crippen molar-refractivity contribution in [3.8, 4) is 0 Å². The van der Waals surface area contributed by atoms with Crippen molar-refractivity contribution in [2.45, 2.75) is 6.04 Å². The molecule has 0 radical (unpaired) electrons. The zero-order valence-corrected chi connectivity index (χ0v) is 6.82. The highest BCUT2D eigenvalue weighted by Crippen LogP contribution is 2.05. The molecule has 1 atom stereocenters. The minimum Gasteiger partial charge on any atom is -0.383 e. The van der Waals surface area contributed by atoms with Gasteiger partial charge in [0.2, 0.25) is 0 Å². The SMILES string of the molecule is COCC(N)c1nccn1C. The first-order valence-electron chi connectivity index (χ1n) is 3.47. The lowest BCUT2D eigenvalue weighted by atomic mass is 10.3. The Kier molecular flexibility index (Phi) is 2.62. The summed E-state index contributed by atoms with van der Waals surface area (Å²) in [5, 5.41) is 0. The molecule has 4 heteroatoms. The van der Waals surface area contributed by atoms with Crippen LogP contribution in [0, 0.1) is 0 Å². The standard InChI is InChI=1S/C7H13N3O/c1-10-4-3-9-7(10)6(8)5-11-2/h3-4,6H,5,8H2,1-2H3. The highest BCUT2D eigenvalue weighted by Gasteiger charge is 2.08. The van der Waals surface area contributed by atoms with E-state index in [-0.39, 0.29) is 6.04 Å². The molecule has 1 heterocycles. The maximum atomic E-state index is 5.74. The Morgan fingerprint density at radius 3 is 3.00 bits per heavy atom. The third kappa shape index (κ3) is 1.78. The van der Waals surface area contributed by atoms with Crippen LogP contribution >= 0.6 is 0 Å². The van der Waals surface area contributed by atoms with E-state index in [1.165, 1.54) is 0 Å². The van der Waals surface area contributed by atoms with Crippen molar-refractivity contribution in [2.24, 2.45) is 12.8 Å². The Balaban J connectivity index is 2.67. The number of imidazole rings is 1. The molecule has 0 spiro atoms. The molecule has 1 aromatic heterocycles. The number of nitrogens with zero attached hydrogens (tertiary/aromatic N) is 2. The maximum absolute atomic E-state index is 5.74. The van der Waals surface area contributed by atoms with E-state index in [0.717, 1.165) is 5.82 Å². The van der Waals surface area contributed by atoms with Crippen LogP contribution in [-0.4, -0.2) is 23.3 Å². The van der Waals surface area contributed by atoms with E-state index < -0.39 is 0 Å². The van der Waals surface area contributed by atoms with Gasteiger partial charge in [-0.3, -0.25) is 0 Å². The summed E-state index contributed by atoms with van der Waals surface area (Å²) in [5.74, 6) is 0.854. The molecule has 0 fully saturated rings. The molecule has 2 N–H and O–H groups in total. The number of hydrogen-bond acceptors (Lipinski definition) is 3. The number of aryl methyl sites for hydroxylation is 1. The molecule has 0 bridgehead atoms. The van der Waals surface area contributed by atoms with E-state index in [2.05, 4.69) is 4.98 Å². The second-order valence-corrected chi connectivity index (χ2v) is 2.46. The van der Waals surface area contributed by atoms with Crippen LogP contribution < -0.4 is 5.73 Å². The molecular weight excluding hydrogens is 142 g/mol. The molecule has 62 valence electrons. The summed E-state index contributed by atoms with van der Waals surface area (Å²) in [4.78, 5) is 4.09. The molecule has 0 aliphatic carbocycles. The third-order valence-electron chi connectivity index (χ3n) is 1.54. The van der Waals surface area contributed by atoms with Crippen molar-refractivity contribution in [1.29, 1.82) is 0 Å². The van der Waals surface area contributed by atoms with Gasteiger partial charge in [0.25, 0.3) is 0 Å². The predicted molar refractivity (Wildman–Crippen MR) is 42.0 cm³/mol. The van der Waals surface area contributed by atoms with Crippen molar-refractivity contribution in [3.05, 3.63) is 18.2 Å². The number of hydrogen-bond donors (Lipinski definition) is 1. The molecule has 0 amide bonds. The minimum atomic E-state index is -0.125. The van der Waals surface area contributed by atoms with Crippen LogP contribution in [0.15, 0.2) is 12.4 Å². The van der Waals surface area contributed by atoms with E-state index in [1.54, 1.807) is 13.3 Å². The number of rotatable bonds is 3. The van der Waals surface area contributed by atoms with Gasteiger partial charge in [-0.05, 0) is 0 Å². The monoisotopic (exact) mass is 155 g/mol. The van der Waals surface area contributed by atoms with E-state index in [4.69, 9.17) is 10.5 Å². The summed E-state index contributed by atoms with van der Waals surface area (Å²) >= 11 is 0. The van der Waals surface area contributed by atoms with Gasteiger partial charge in [0.1, 0.15) is 5.82 Å². The van der Waals surface area contributed by atoms with Crippen LogP contribution in [0.1, 0.15) is 11.9 Å². The van der Waals surface area contributed by atoms with E-state index >= 15 is 0 Å². The first-order chi connectivity index (χ1) is 5.25. The predicted octanol–water partition coefficient (Wildman–Crippen LogP) is 0.0663. The molecule has 0 aromatic carbocycles. The van der Waals surface area contributed by atoms with Crippen molar-refractivity contribution >= 4 is 0 Å². The number of methoxy groups -OCH3 is 1. The smallest absolute Gasteiger partial charge is 0.127 e. The minimum absolute atomic E-state index is 0.125. The summed E-state index contributed by atoms with van der Waals surface area (Å²) in [6.07, 6.45) is 3.59. The van der Waals surface area contributed by atoms with Crippen molar-refractivity contribution < 1.29 is 4.74 Å². The van der Waals surface area contributed by atoms with Crippen molar-refractivity contribution in [3.63, 3.8) is 0 Å². The van der Waals surface area contributed by atoms with Gasteiger partial charge in [-0.15, -0.1) is 0 Å². The quantitative estimate of drug-likeness (QED) is 0.671. The van der Waals surface area contributed by atoms with Gasteiger partial charge in [0, 0.05) is 26.6 Å². The molecule has 1 rings (SSSR count). The fraction of sp³-hybridized carbons (Fsp3) is 0.571. The fourth-order valence-corrected chi connectivity index (χ4v) is 0.989. The van der Waals surface area contributed by atoms with Crippen LogP contribution in [0.2, 0.25) is 0 Å². The van der Waals surface area contributed by atoms with Gasteiger partial charge in [0.05, 0.1) is 12.6 Å². The van der Waals surface area contributed by atoms with Crippen LogP contribution in [0.3, 0.4) is 0 Å². The lowest BCUT2D eigenvalue weighted by Crippen LogP contribution is -2.19. The topological polar surface area (TPSA) is 53.1 Å². The van der Waals surface area contributed by atoms with Crippen molar-refractivity contribution in [2.75, 3.05) is 13.7 Å². The van der Waals surface area contributed by atoms with Gasteiger partial charge in [0.15, 0.2) is 0 Å². The van der Waals surface area contributed by atoms with Gasteiger partial charge < -0.3 is 15.0 Å². The lowest BCUT2D eigenvalue weighted by Gasteiger charge is -2.09. The number of ether oxygens (including phenoxy) is 1. The van der Waals surface area contributed by atoms with E-state index in [1.807, 2.05) is 17.8 Å². The zero-order valence-electron chi connectivity index (χ0n) is 6.82. The van der Waals surface area contributed by atoms with Crippen LogP contribution in [0.5, 0.6) is 0 Å². The van der Waals surface area contributed by atoms with Gasteiger partial charge in [-0.1, -0.05) is 0 Å². The third-order valence-corrected chi connectivity index (χ3v) is 1.54. The molecule has 11 heavy (non-hydrogen) atoms. The van der Waals surface area contributed by atoms with Crippen LogP contribution in [0.25, 0.3) is 0 Å². The van der Waals surface area contributed by atoms with Gasteiger partial charge in [-0.2, -0.15) is 0 Å². The van der Waals surface area contributed by atoms with Gasteiger partial charge >= 0.3 is 0 Å². The summed E-state index contributed by atoms with van der Waals surface area (Å²) in [6, 6.07) is -0.125. The summed E-state index contributed by atoms with van der Waals surface area (Å²) in [5.41, 5.74) is 5.74. The summed E-state index contributed by atoms with van der Waals surface area (Å²) in [7, 11) is 3.54. The van der Waals surface area contributed by atoms with Gasteiger partial charge in [-0.25, -0.2) is 4.98 Å². The molecule has 4 nitrogen and oxygen atoms in total. The van der Waals surface area contributed by atoms with Crippen LogP contribution in [0.4, 0.5) is 0 Å². The largest absolute Gasteiger partial charge is 0.383 e. The number of nitrogens with two attached hydrogens (primary N) is 1. The normalized spacial score (nSPS) is 13.4. The van der Waals surface area contributed by atoms with Crippen LogP contribution in [-0.2, 0) is 11.8 Å². The average molecular weight is 155 g/mol. The first-order valence-corrected chi connectivity index (χ1v) is 3.47. The molecule has 0 aliphatic rings. The summed E-state index contributed by atoms with van der Waals surface area (Å²) in [6.45, 7) is 0.505.